The third kappa shape index (κ3) is 2.98. The van der Waals surface area contributed by atoms with Crippen molar-refractivity contribution in [3.05, 3.63) is 60.2 Å². The van der Waals surface area contributed by atoms with Crippen molar-refractivity contribution >= 4 is 29.1 Å². The Morgan fingerprint density at radius 3 is 2.50 bits per heavy atom. The van der Waals surface area contributed by atoms with Crippen LogP contribution >= 0.6 is 0 Å². The lowest BCUT2D eigenvalue weighted by Crippen LogP contribution is -2.43. The van der Waals surface area contributed by atoms with Crippen molar-refractivity contribution in [3.63, 3.8) is 0 Å². The summed E-state index contributed by atoms with van der Waals surface area (Å²) in [7, 11) is 0. The second-order valence-electron chi connectivity index (χ2n) is 6.22. The molecule has 0 spiro atoms. The zero-order valence-electron chi connectivity index (χ0n) is 14.3. The van der Waals surface area contributed by atoms with Gasteiger partial charge in [-0.05, 0) is 24.3 Å². The Morgan fingerprint density at radius 1 is 1.04 bits per heavy atom. The lowest BCUT2D eigenvalue weighted by atomic mass is 10.1. The molecule has 0 unspecified atom stereocenters. The van der Waals surface area contributed by atoms with E-state index in [1.807, 2.05) is 0 Å². The molecular formula is C18H13F2N5O3. The number of rotatable bonds is 4. The van der Waals surface area contributed by atoms with Gasteiger partial charge < -0.3 is 5.32 Å². The van der Waals surface area contributed by atoms with Crippen molar-refractivity contribution in [2.75, 3.05) is 16.8 Å². The van der Waals surface area contributed by atoms with Crippen LogP contribution in [-0.4, -0.2) is 41.4 Å². The summed E-state index contributed by atoms with van der Waals surface area (Å²) in [6.07, 6.45) is 0. The molecule has 8 nitrogen and oxygen atoms in total. The van der Waals surface area contributed by atoms with Gasteiger partial charge in [0.2, 0.25) is 5.91 Å². The van der Waals surface area contributed by atoms with E-state index >= 15 is 0 Å². The minimum absolute atomic E-state index is 0.104. The Kier molecular flexibility index (Phi) is 4.30. The Balaban J connectivity index is 1.51. The second kappa shape index (κ2) is 6.80. The van der Waals surface area contributed by atoms with Crippen LogP contribution in [0.1, 0.15) is 0 Å². The predicted molar refractivity (Wildman–Crippen MR) is 93.1 cm³/mol. The zero-order valence-corrected chi connectivity index (χ0v) is 14.3. The molecule has 2 heterocycles. The number of anilines is 2. The van der Waals surface area contributed by atoms with E-state index in [4.69, 9.17) is 0 Å². The number of imide groups is 1. The Hall–Kier alpha value is -3.69. The van der Waals surface area contributed by atoms with Crippen LogP contribution in [0, 0.1) is 11.6 Å². The van der Waals surface area contributed by atoms with Crippen molar-refractivity contribution in [3.8, 4) is 0 Å². The third-order valence-corrected chi connectivity index (χ3v) is 4.38. The van der Waals surface area contributed by atoms with Gasteiger partial charge in [0.1, 0.15) is 6.54 Å². The highest BCUT2D eigenvalue weighted by Crippen LogP contribution is 2.32. The van der Waals surface area contributed by atoms with Crippen LogP contribution < -0.4 is 10.2 Å². The maximum atomic E-state index is 13.5. The van der Waals surface area contributed by atoms with Gasteiger partial charge in [0, 0.05) is 11.8 Å². The molecule has 142 valence electrons. The van der Waals surface area contributed by atoms with Crippen LogP contribution in [0.25, 0.3) is 0 Å². The number of carbonyl (C=O) groups excluding carboxylic acids is 3. The molecule has 3 amide bonds. The topological polar surface area (TPSA) is 94.4 Å². The molecule has 2 atom stereocenters. The Bertz CT molecular complexity index is 998. The smallest absolute Gasteiger partial charge is 0.263 e. The van der Waals surface area contributed by atoms with Crippen molar-refractivity contribution < 1.29 is 23.2 Å². The van der Waals surface area contributed by atoms with Crippen LogP contribution in [-0.2, 0) is 14.4 Å². The number of para-hydroxylation sites is 1. The summed E-state index contributed by atoms with van der Waals surface area (Å²) in [5.74, 6) is -4.15. The van der Waals surface area contributed by atoms with Gasteiger partial charge in [-0.15, -0.1) is 0 Å². The summed E-state index contributed by atoms with van der Waals surface area (Å²) in [6.45, 7) is -0.301. The third-order valence-electron chi connectivity index (χ3n) is 4.38. The predicted octanol–water partition coefficient (Wildman–Crippen LogP) is 1.90. The van der Waals surface area contributed by atoms with Gasteiger partial charge in [0.05, 0.1) is 5.69 Å². The minimum Gasteiger partial charge on any atom is -0.324 e. The van der Waals surface area contributed by atoms with E-state index in [1.54, 1.807) is 30.3 Å². The van der Waals surface area contributed by atoms with E-state index in [0.717, 1.165) is 28.1 Å². The molecule has 0 saturated carbocycles. The summed E-state index contributed by atoms with van der Waals surface area (Å²) in [5, 5.41) is 11.3. The number of hydrogen-bond acceptors (Lipinski definition) is 6. The van der Waals surface area contributed by atoms with E-state index < -0.39 is 41.4 Å². The first-order valence-electron chi connectivity index (χ1n) is 8.31. The lowest BCUT2D eigenvalue weighted by molar-refractivity contribution is -0.123. The quantitative estimate of drug-likeness (QED) is 0.814. The molecule has 0 bridgehead atoms. The number of benzene rings is 2. The summed E-state index contributed by atoms with van der Waals surface area (Å²) >= 11 is 0. The van der Waals surface area contributed by atoms with Gasteiger partial charge in [0.25, 0.3) is 11.8 Å². The van der Waals surface area contributed by atoms with Crippen LogP contribution in [0.3, 0.4) is 0 Å². The average Bonchev–Trinajstić information content (AvgIpc) is 3.18. The van der Waals surface area contributed by atoms with E-state index in [-0.39, 0.29) is 12.2 Å². The first-order chi connectivity index (χ1) is 13.5. The molecule has 1 N–H and O–H groups in total. The first-order valence-corrected chi connectivity index (χ1v) is 8.31. The summed E-state index contributed by atoms with van der Waals surface area (Å²) in [4.78, 5) is 38.2. The SMILES string of the molecule is O=C(CN1N=N[C@@H]2C(=O)N(c3ccc(F)c(F)c3)C(=O)[C@H]21)Nc1ccccc1. The molecule has 1 saturated heterocycles. The van der Waals surface area contributed by atoms with Crippen molar-refractivity contribution in [1.82, 2.24) is 5.01 Å². The standard InChI is InChI=1S/C18H13F2N5O3/c19-12-7-6-11(8-13(12)20)25-17(27)15-16(18(25)28)24(23-22-15)9-14(26)21-10-4-2-1-3-5-10/h1-8,15-16H,9H2,(H,21,26)/t15-,16-/m0/s1. The van der Waals surface area contributed by atoms with Gasteiger partial charge in [-0.3, -0.25) is 19.4 Å². The van der Waals surface area contributed by atoms with Gasteiger partial charge >= 0.3 is 0 Å². The van der Waals surface area contributed by atoms with Gasteiger partial charge in [-0.2, -0.15) is 5.11 Å². The van der Waals surface area contributed by atoms with E-state index in [9.17, 15) is 23.2 Å². The van der Waals surface area contributed by atoms with Crippen molar-refractivity contribution in [1.29, 1.82) is 0 Å². The number of carbonyl (C=O) groups is 3. The largest absolute Gasteiger partial charge is 0.324 e. The van der Waals surface area contributed by atoms with Gasteiger partial charge in [0.15, 0.2) is 23.7 Å². The highest BCUT2D eigenvalue weighted by Gasteiger charge is 2.55. The maximum Gasteiger partial charge on any atom is 0.263 e. The monoisotopic (exact) mass is 385 g/mol. The molecule has 4 rings (SSSR count). The molecular weight excluding hydrogens is 372 g/mol. The lowest BCUT2D eigenvalue weighted by Gasteiger charge is -2.20. The highest BCUT2D eigenvalue weighted by atomic mass is 19.2. The first kappa shape index (κ1) is 17.7. The van der Waals surface area contributed by atoms with E-state index in [0.29, 0.717) is 5.69 Å². The van der Waals surface area contributed by atoms with Crippen LogP contribution in [0.5, 0.6) is 0 Å². The second-order valence-corrected chi connectivity index (χ2v) is 6.22. The van der Waals surface area contributed by atoms with Crippen LogP contribution in [0.15, 0.2) is 58.9 Å². The number of halogens is 2. The molecule has 0 aromatic heterocycles. The number of nitrogens with zero attached hydrogens (tertiary/aromatic N) is 4. The summed E-state index contributed by atoms with van der Waals surface area (Å²) < 4.78 is 26.6. The van der Waals surface area contributed by atoms with Gasteiger partial charge in [-0.1, -0.05) is 23.4 Å². The van der Waals surface area contributed by atoms with Crippen molar-refractivity contribution in [2.24, 2.45) is 10.3 Å². The zero-order chi connectivity index (χ0) is 19.8. The highest BCUT2D eigenvalue weighted by molar-refractivity contribution is 6.25. The molecule has 0 aliphatic carbocycles. The average molecular weight is 385 g/mol. The molecule has 2 aliphatic heterocycles. The fourth-order valence-electron chi connectivity index (χ4n) is 3.10. The summed E-state index contributed by atoms with van der Waals surface area (Å²) in [6, 6.07) is 9.15. The maximum absolute atomic E-state index is 13.5. The Morgan fingerprint density at radius 2 is 1.79 bits per heavy atom. The molecule has 10 heteroatoms. The van der Waals surface area contributed by atoms with Crippen LogP contribution in [0.4, 0.5) is 20.2 Å². The minimum atomic E-state index is -1.18. The van der Waals surface area contributed by atoms with E-state index in [2.05, 4.69) is 15.7 Å². The van der Waals surface area contributed by atoms with E-state index in [1.165, 1.54) is 0 Å². The number of fused-ring (bicyclic) bond motifs is 1. The number of nitrogens with one attached hydrogen (secondary N) is 1. The normalized spacial score (nSPS) is 20.6. The molecule has 2 aromatic rings. The Labute approximate surface area is 157 Å². The fraction of sp³-hybridized carbons (Fsp3) is 0.167. The van der Waals surface area contributed by atoms with Gasteiger partial charge in [-0.25, -0.2) is 13.7 Å². The molecule has 2 aliphatic rings. The number of hydrogen-bond donors (Lipinski definition) is 1. The summed E-state index contributed by atoms with van der Waals surface area (Å²) in [5.41, 5.74) is 0.463. The van der Waals surface area contributed by atoms with Crippen LogP contribution in [0.2, 0.25) is 0 Å². The molecule has 1 fully saturated rings. The van der Waals surface area contributed by atoms with Crippen molar-refractivity contribution in [2.45, 2.75) is 12.1 Å². The molecule has 0 radical (unpaired) electrons. The molecule has 28 heavy (non-hydrogen) atoms. The number of amides is 3. The fourth-order valence-corrected chi connectivity index (χ4v) is 3.10. The molecule has 2 aromatic carbocycles.